The van der Waals surface area contributed by atoms with Crippen LogP contribution in [0.1, 0.15) is 88.0 Å². The Kier molecular flexibility index (Phi) is 12.5. The van der Waals surface area contributed by atoms with Crippen molar-refractivity contribution in [3.63, 3.8) is 0 Å². The van der Waals surface area contributed by atoms with Crippen LogP contribution in [0.25, 0.3) is 0 Å². The zero-order valence-corrected chi connectivity index (χ0v) is 35.3. The number of ketones is 1. The molecular formula is C40H61NO15S. The van der Waals surface area contributed by atoms with Gasteiger partial charge in [-0.1, -0.05) is 45.9 Å². The topological polar surface area (TPSA) is 215 Å². The minimum atomic E-state index is -4.15. The summed E-state index contributed by atoms with van der Waals surface area (Å²) in [5, 5.41) is 33.6. The number of aliphatic hydroxyl groups is 3. The molecule has 5 saturated heterocycles. The number of esters is 1. The number of sulfonamides is 1. The van der Waals surface area contributed by atoms with Gasteiger partial charge in [0.15, 0.2) is 36.0 Å². The Morgan fingerprint density at radius 1 is 0.930 bits per heavy atom. The number of hydrogen-bond acceptors (Lipinski definition) is 15. The lowest BCUT2D eigenvalue weighted by molar-refractivity contribution is -0.353. The average molecular weight is 828 g/mol. The van der Waals surface area contributed by atoms with Crippen LogP contribution in [0.15, 0.2) is 35.2 Å². The lowest BCUT2D eigenvalue weighted by atomic mass is 9.77. The molecule has 0 radical (unpaired) electrons. The molecule has 5 aliphatic rings. The zero-order valence-electron chi connectivity index (χ0n) is 34.4. The van der Waals surface area contributed by atoms with E-state index >= 15 is 0 Å². The predicted octanol–water partition coefficient (Wildman–Crippen LogP) is 2.54. The summed E-state index contributed by atoms with van der Waals surface area (Å²) in [5.74, 6) is -5.49. The third kappa shape index (κ3) is 7.85. The van der Waals surface area contributed by atoms with Crippen molar-refractivity contribution in [3.05, 3.63) is 30.3 Å². The lowest BCUT2D eigenvalue weighted by Crippen LogP contribution is -2.61. The van der Waals surface area contributed by atoms with Crippen molar-refractivity contribution in [3.8, 4) is 0 Å². The summed E-state index contributed by atoms with van der Waals surface area (Å²) in [6, 6.07) is 6.37. The summed E-state index contributed by atoms with van der Waals surface area (Å²) >= 11 is 0. The first kappa shape index (κ1) is 44.4. The molecular weight excluding hydrogens is 766 g/mol. The molecule has 322 valence electrons. The van der Waals surface area contributed by atoms with Crippen molar-refractivity contribution in [1.29, 1.82) is 0 Å². The highest BCUT2D eigenvalue weighted by molar-refractivity contribution is 7.89. The van der Waals surface area contributed by atoms with Crippen LogP contribution >= 0.6 is 0 Å². The van der Waals surface area contributed by atoms with Crippen molar-refractivity contribution in [2.45, 2.75) is 177 Å². The Labute approximate surface area is 335 Å². The summed E-state index contributed by atoms with van der Waals surface area (Å²) < 4.78 is 80.3. The van der Waals surface area contributed by atoms with Gasteiger partial charge in [-0.15, -0.1) is 0 Å². The molecule has 0 saturated carbocycles. The van der Waals surface area contributed by atoms with E-state index in [9.17, 15) is 33.3 Å². The highest BCUT2D eigenvalue weighted by Crippen LogP contribution is 2.58. The minimum Gasteiger partial charge on any atom is -0.459 e. The number of hydrogen-bond donors (Lipinski definition) is 4. The van der Waals surface area contributed by atoms with Crippen LogP contribution < -0.4 is 4.72 Å². The predicted molar refractivity (Wildman–Crippen MR) is 200 cm³/mol. The Bertz CT molecular complexity index is 1740. The number of ether oxygens (including phenoxy) is 8. The standard InChI is InChI=1S/C40H61NO15S/c1-11-27-39(9)32(44)23(5)40(56-39)20(2)18-38(8,55-40)34(54-36-30(43)26(17-28(42)52-36)41-57(47,48)25-15-13-12-14-16-25)21(3)31(22(4)35(46)51-27)53-29-19-37(7,49-10)33(45)24(6)50-29/h12-16,20-24,26-31,33-34,36,41-43,45H,11,17-19H2,1-10H3/t20-,21+,22-,23-,24+,26+,27-,28+,29+,30-,31+,33+,34-,36+,37-,38-,39+,40?/m1/s1. The Balaban J connectivity index is 1.42. The molecule has 1 aromatic carbocycles. The summed E-state index contributed by atoms with van der Waals surface area (Å²) in [6.07, 6.45) is -10.3. The van der Waals surface area contributed by atoms with Crippen LogP contribution in [-0.4, -0.2) is 127 Å². The molecule has 0 aliphatic carbocycles. The minimum absolute atomic E-state index is 0.0375. The fourth-order valence-electron chi connectivity index (χ4n) is 9.88. The van der Waals surface area contributed by atoms with Crippen molar-refractivity contribution in [2.24, 2.45) is 23.7 Å². The van der Waals surface area contributed by atoms with E-state index in [1.807, 2.05) is 6.92 Å². The highest BCUT2D eigenvalue weighted by Gasteiger charge is 2.71. The van der Waals surface area contributed by atoms with Gasteiger partial charge in [-0.25, -0.2) is 13.1 Å². The first-order valence-corrected chi connectivity index (χ1v) is 21.5. The second-order valence-corrected chi connectivity index (χ2v) is 19.1. The van der Waals surface area contributed by atoms with Gasteiger partial charge in [0, 0.05) is 31.8 Å². The summed E-state index contributed by atoms with van der Waals surface area (Å²) in [7, 11) is -2.66. The van der Waals surface area contributed by atoms with Crippen molar-refractivity contribution in [1.82, 2.24) is 4.72 Å². The van der Waals surface area contributed by atoms with Gasteiger partial charge in [-0.05, 0) is 59.6 Å². The van der Waals surface area contributed by atoms with Crippen LogP contribution in [0.4, 0.5) is 0 Å². The molecule has 1 unspecified atom stereocenters. The first-order chi connectivity index (χ1) is 26.6. The first-order valence-electron chi connectivity index (χ1n) is 20.0. The van der Waals surface area contributed by atoms with Crippen molar-refractivity contribution >= 4 is 21.8 Å². The fraction of sp³-hybridized carbons (Fsp3) is 0.800. The number of methoxy groups -OCH3 is 1. The third-order valence-electron chi connectivity index (χ3n) is 13.2. The third-order valence-corrected chi connectivity index (χ3v) is 14.7. The molecule has 3 bridgehead atoms. The zero-order chi connectivity index (χ0) is 42.0. The molecule has 17 heteroatoms. The molecule has 1 aromatic rings. The SMILES string of the molecule is CC[C@H]1OC(=O)[C@H](C)[C@@H](O[C@H]2C[C@@](C)(OC)[C@@H](O)[C@H](C)O2)[C@H](C)[C@@H](O[C@@H]2O[C@H](O)C[C@H](NS(=O)(=O)c3ccccc3)[C@H]2O)[C@@]2(C)C[C@@H](C)C3(O2)O[C@]1(C)C(=O)[C@H]3C. The number of nitrogens with one attached hydrogen (secondary N) is 1. The van der Waals surface area contributed by atoms with Gasteiger partial charge in [-0.3, -0.25) is 9.59 Å². The maximum atomic E-state index is 14.3. The largest absolute Gasteiger partial charge is 0.459 e. The van der Waals surface area contributed by atoms with E-state index in [0.29, 0.717) is 0 Å². The van der Waals surface area contributed by atoms with Gasteiger partial charge in [0.1, 0.15) is 18.3 Å². The van der Waals surface area contributed by atoms with Crippen LogP contribution in [0.5, 0.6) is 0 Å². The normalized spacial score (nSPS) is 48.2. The van der Waals surface area contributed by atoms with Crippen LogP contribution in [0, 0.1) is 23.7 Å². The molecule has 6 rings (SSSR count). The summed E-state index contributed by atoms with van der Waals surface area (Å²) in [6.45, 7) is 15.7. The molecule has 16 nitrogen and oxygen atoms in total. The van der Waals surface area contributed by atoms with E-state index in [4.69, 9.17) is 37.9 Å². The van der Waals surface area contributed by atoms with Crippen molar-refractivity contribution < 1.29 is 71.2 Å². The molecule has 5 fully saturated rings. The van der Waals surface area contributed by atoms with E-state index in [0.717, 1.165) is 0 Å². The van der Waals surface area contributed by atoms with E-state index in [1.165, 1.54) is 19.2 Å². The maximum Gasteiger partial charge on any atom is 0.311 e. The smallest absolute Gasteiger partial charge is 0.311 e. The van der Waals surface area contributed by atoms with E-state index < -0.39 is 124 Å². The number of cyclic esters (lactones) is 1. The van der Waals surface area contributed by atoms with Gasteiger partial charge < -0.3 is 53.2 Å². The van der Waals surface area contributed by atoms with E-state index in [1.54, 1.807) is 73.6 Å². The van der Waals surface area contributed by atoms with Crippen LogP contribution in [0.3, 0.4) is 0 Å². The molecule has 0 amide bonds. The maximum absolute atomic E-state index is 14.3. The van der Waals surface area contributed by atoms with Crippen molar-refractivity contribution in [2.75, 3.05) is 7.11 Å². The summed E-state index contributed by atoms with van der Waals surface area (Å²) in [5.41, 5.74) is -3.95. The quantitative estimate of drug-likeness (QED) is 0.263. The molecule has 57 heavy (non-hydrogen) atoms. The molecule has 4 N–H and O–H groups in total. The van der Waals surface area contributed by atoms with Gasteiger partial charge >= 0.3 is 5.97 Å². The lowest BCUT2D eigenvalue weighted by Gasteiger charge is -2.48. The van der Waals surface area contributed by atoms with Gasteiger partial charge in [0.05, 0.1) is 52.3 Å². The fourth-order valence-corrected chi connectivity index (χ4v) is 11.2. The Morgan fingerprint density at radius 3 is 2.23 bits per heavy atom. The average Bonchev–Trinajstić information content (AvgIpc) is 3.53. The number of rotatable bonds is 9. The second-order valence-electron chi connectivity index (χ2n) is 17.3. The van der Waals surface area contributed by atoms with Crippen LogP contribution in [-0.2, 0) is 57.5 Å². The Morgan fingerprint density at radius 2 is 1.60 bits per heavy atom. The second kappa shape index (κ2) is 16.0. The molecule has 0 aromatic heterocycles. The van der Waals surface area contributed by atoms with Gasteiger partial charge in [-0.2, -0.15) is 0 Å². The van der Waals surface area contributed by atoms with Gasteiger partial charge in [0.2, 0.25) is 10.0 Å². The monoisotopic (exact) mass is 827 g/mol. The number of Topliss-reactive ketones (excluding diaryl/α,β-unsaturated/α-hetero) is 1. The number of aliphatic hydroxyl groups excluding tert-OH is 3. The summed E-state index contributed by atoms with van der Waals surface area (Å²) in [4.78, 5) is 28.5. The molecule has 5 heterocycles. The highest BCUT2D eigenvalue weighted by atomic mass is 32.2. The van der Waals surface area contributed by atoms with Gasteiger partial charge in [0.25, 0.3) is 0 Å². The number of fused-ring (bicyclic) bond motifs is 2. The van der Waals surface area contributed by atoms with E-state index in [2.05, 4.69) is 4.72 Å². The molecule has 18 atom stereocenters. The number of carbonyl (C=O) groups excluding carboxylic acids is 2. The van der Waals surface area contributed by atoms with E-state index in [-0.39, 0.29) is 36.4 Å². The Hall–Kier alpha value is -2.13. The molecule has 1 spiro atoms. The number of carbonyl (C=O) groups is 2. The number of benzene rings is 1. The molecule has 5 aliphatic heterocycles. The van der Waals surface area contributed by atoms with Crippen LogP contribution in [0.2, 0.25) is 0 Å².